The summed E-state index contributed by atoms with van der Waals surface area (Å²) < 4.78 is 7.07. The van der Waals surface area contributed by atoms with Gasteiger partial charge in [0.1, 0.15) is 12.1 Å². The Labute approximate surface area is 87.5 Å². The number of anilines is 1. The lowest BCUT2D eigenvalue weighted by atomic mass is 10.1. The topological polar surface area (TPSA) is 66.0 Å². The lowest BCUT2D eigenvalue weighted by molar-refractivity contribution is 0.416. The van der Waals surface area contributed by atoms with E-state index in [9.17, 15) is 0 Å². The summed E-state index contributed by atoms with van der Waals surface area (Å²) in [5, 5.41) is 7.84. The van der Waals surface area contributed by atoms with Gasteiger partial charge in [0.25, 0.3) is 0 Å². The molecule has 2 N–H and O–H groups in total. The van der Waals surface area contributed by atoms with Gasteiger partial charge >= 0.3 is 0 Å². The van der Waals surface area contributed by atoms with E-state index in [1.165, 1.54) is 0 Å². The first-order chi connectivity index (χ1) is 7.22. The molecule has 1 aromatic carbocycles. The Bertz CT molecular complexity index is 478. The zero-order valence-corrected chi connectivity index (χ0v) is 8.64. The van der Waals surface area contributed by atoms with Gasteiger partial charge in [-0.2, -0.15) is 0 Å². The van der Waals surface area contributed by atoms with Gasteiger partial charge in [-0.05, 0) is 12.1 Å². The molecule has 0 amide bonds. The summed E-state index contributed by atoms with van der Waals surface area (Å²) in [6, 6.07) is 5.45. The number of nitrogens with zero attached hydrogens (tertiary/aromatic N) is 3. The van der Waals surface area contributed by atoms with E-state index in [4.69, 9.17) is 10.5 Å². The fourth-order valence-corrected chi connectivity index (χ4v) is 1.42. The van der Waals surface area contributed by atoms with E-state index in [1.807, 2.05) is 23.7 Å². The number of rotatable bonds is 2. The van der Waals surface area contributed by atoms with Gasteiger partial charge in [-0.1, -0.05) is 0 Å². The number of ether oxygens (including phenoxy) is 1. The Morgan fingerprint density at radius 2 is 2.20 bits per heavy atom. The summed E-state index contributed by atoms with van der Waals surface area (Å²) in [4.78, 5) is 0. The molecule has 0 saturated carbocycles. The van der Waals surface area contributed by atoms with E-state index in [0.717, 1.165) is 11.4 Å². The first-order valence-electron chi connectivity index (χ1n) is 4.50. The zero-order chi connectivity index (χ0) is 10.8. The number of aryl methyl sites for hydroxylation is 1. The van der Waals surface area contributed by atoms with Crippen LogP contribution in [0.4, 0.5) is 5.69 Å². The lowest BCUT2D eigenvalue weighted by Gasteiger charge is -2.08. The number of nitrogen functional groups attached to an aromatic ring is 1. The maximum Gasteiger partial charge on any atom is 0.167 e. The Kier molecular flexibility index (Phi) is 2.29. The smallest absolute Gasteiger partial charge is 0.167 e. The molecule has 78 valence electrons. The number of nitrogens with two attached hydrogens (primary N) is 1. The Hall–Kier alpha value is -2.04. The standard InChI is InChI=1S/C10H12N4O/c1-14-6-12-13-10(14)8-4-3-7(11)5-9(8)15-2/h3-6H,11H2,1-2H3. The van der Waals surface area contributed by atoms with Crippen LogP contribution in [0.3, 0.4) is 0 Å². The van der Waals surface area contributed by atoms with Gasteiger partial charge in [0.2, 0.25) is 0 Å². The van der Waals surface area contributed by atoms with Crippen LogP contribution in [0.25, 0.3) is 11.4 Å². The highest BCUT2D eigenvalue weighted by Gasteiger charge is 2.10. The molecule has 0 radical (unpaired) electrons. The van der Waals surface area contributed by atoms with E-state index in [-0.39, 0.29) is 0 Å². The fraction of sp³-hybridized carbons (Fsp3) is 0.200. The van der Waals surface area contributed by atoms with Crippen LogP contribution in [0.15, 0.2) is 24.5 Å². The molecule has 2 rings (SSSR count). The number of methoxy groups -OCH3 is 1. The second-order valence-electron chi connectivity index (χ2n) is 3.23. The van der Waals surface area contributed by atoms with Gasteiger partial charge in [-0.15, -0.1) is 10.2 Å². The highest BCUT2D eigenvalue weighted by Crippen LogP contribution is 2.29. The molecular weight excluding hydrogens is 192 g/mol. The number of hydrogen-bond acceptors (Lipinski definition) is 4. The predicted molar refractivity (Wildman–Crippen MR) is 57.4 cm³/mol. The monoisotopic (exact) mass is 204 g/mol. The van der Waals surface area contributed by atoms with E-state index in [0.29, 0.717) is 11.4 Å². The zero-order valence-electron chi connectivity index (χ0n) is 8.64. The van der Waals surface area contributed by atoms with Crippen molar-refractivity contribution < 1.29 is 4.74 Å². The maximum atomic E-state index is 5.67. The van der Waals surface area contributed by atoms with Crippen molar-refractivity contribution in [1.82, 2.24) is 14.8 Å². The van der Waals surface area contributed by atoms with Crippen molar-refractivity contribution in [1.29, 1.82) is 0 Å². The van der Waals surface area contributed by atoms with Gasteiger partial charge in [0.15, 0.2) is 5.82 Å². The van der Waals surface area contributed by atoms with E-state index in [2.05, 4.69) is 10.2 Å². The molecule has 5 nitrogen and oxygen atoms in total. The van der Waals surface area contributed by atoms with Crippen molar-refractivity contribution in [3.05, 3.63) is 24.5 Å². The largest absolute Gasteiger partial charge is 0.496 e. The predicted octanol–water partition coefficient (Wildman–Crippen LogP) is 1.07. The molecule has 0 aliphatic carbocycles. The summed E-state index contributed by atoms with van der Waals surface area (Å²) >= 11 is 0. The summed E-state index contributed by atoms with van der Waals surface area (Å²) in [7, 11) is 3.49. The molecule has 0 saturated heterocycles. The molecule has 0 fully saturated rings. The van der Waals surface area contributed by atoms with Crippen LogP contribution in [-0.4, -0.2) is 21.9 Å². The minimum absolute atomic E-state index is 0.665. The normalized spacial score (nSPS) is 10.3. The molecular formula is C10H12N4O. The molecule has 1 aromatic heterocycles. The lowest BCUT2D eigenvalue weighted by Crippen LogP contribution is -1.96. The molecule has 5 heteroatoms. The second kappa shape index (κ2) is 3.61. The van der Waals surface area contributed by atoms with E-state index < -0.39 is 0 Å². The third-order valence-corrected chi connectivity index (χ3v) is 2.18. The van der Waals surface area contributed by atoms with Crippen LogP contribution in [0.5, 0.6) is 5.75 Å². The van der Waals surface area contributed by atoms with Crippen LogP contribution in [0.1, 0.15) is 0 Å². The van der Waals surface area contributed by atoms with Crippen LogP contribution in [0, 0.1) is 0 Å². The summed E-state index contributed by atoms with van der Waals surface area (Å²) in [6.07, 6.45) is 1.64. The Balaban J connectivity index is 2.58. The highest BCUT2D eigenvalue weighted by atomic mass is 16.5. The molecule has 0 bridgehead atoms. The van der Waals surface area contributed by atoms with Crippen molar-refractivity contribution in [2.24, 2.45) is 7.05 Å². The minimum Gasteiger partial charge on any atom is -0.496 e. The van der Waals surface area contributed by atoms with Crippen LogP contribution in [-0.2, 0) is 7.05 Å². The van der Waals surface area contributed by atoms with Gasteiger partial charge in [0, 0.05) is 18.8 Å². The van der Waals surface area contributed by atoms with Gasteiger partial charge in [0.05, 0.1) is 12.7 Å². The van der Waals surface area contributed by atoms with E-state index >= 15 is 0 Å². The molecule has 2 aromatic rings. The first kappa shape index (κ1) is 9.51. The molecule has 0 unspecified atom stereocenters. The Morgan fingerprint density at radius 1 is 1.40 bits per heavy atom. The number of benzene rings is 1. The summed E-state index contributed by atoms with van der Waals surface area (Å²) in [6.45, 7) is 0. The molecule has 0 aliphatic heterocycles. The highest BCUT2D eigenvalue weighted by molar-refractivity contribution is 5.67. The average molecular weight is 204 g/mol. The third-order valence-electron chi connectivity index (χ3n) is 2.18. The van der Waals surface area contributed by atoms with Gasteiger partial charge in [-0.3, -0.25) is 0 Å². The van der Waals surface area contributed by atoms with Crippen LogP contribution in [0.2, 0.25) is 0 Å². The molecule has 15 heavy (non-hydrogen) atoms. The molecule has 0 atom stereocenters. The minimum atomic E-state index is 0.665. The second-order valence-corrected chi connectivity index (χ2v) is 3.23. The molecule has 0 spiro atoms. The summed E-state index contributed by atoms with van der Waals surface area (Å²) in [5.74, 6) is 1.46. The molecule has 0 aliphatic rings. The number of aromatic nitrogens is 3. The van der Waals surface area contributed by atoms with Crippen molar-refractivity contribution in [3.63, 3.8) is 0 Å². The first-order valence-corrected chi connectivity index (χ1v) is 4.50. The summed E-state index contributed by atoms with van der Waals surface area (Å²) in [5.41, 5.74) is 7.22. The maximum absolute atomic E-state index is 5.67. The molecule has 1 heterocycles. The van der Waals surface area contributed by atoms with E-state index in [1.54, 1.807) is 19.5 Å². The van der Waals surface area contributed by atoms with Crippen molar-refractivity contribution in [3.8, 4) is 17.1 Å². The van der Waals surface area contributed by atoms with Gasteiger partial charge < -0.3 is 15.0 Å². The quantitative estimate of drug-likeness (QED) is 0.743. The van der Waals surface area contributed by atoms with Crippen molar-refractivity contribution in [2.75, 3.05) is 12.8 Å². The number of hydrogen-bond donors (Lipinski definition) is 1. The van der Waals surface area contributed by atoms with Crippen LogP contribution >= 0.6 is 0 Å². The van der Waals surface area contributed by atoms with Gasteiger partial charge in [-0.25, -0.2) is 0 Å². The fourth-order valence-electron chi connectivity index (χ4n) is 1.42. The SMILES string of the molecule is COc1cc(N)ccc1-c1nncn1C. The third kappa shape index (κ3) is 1.63. The average Bonchev–Trinajstić information content (AvgIpc) is 2.64. The van der Waals surface area contributed by atoms with Crippen molar-refractivity contribution >= 4 is 5.69 Å². The Morgan fingerprint density at radius 3 is 2.80 bits per heavy atom. The van der Waals surface area contributed by atoms with Crippen molar-refractivity contribution in [2.45, 2.75) is 0 Å². The van der Waals surface area contributed by atoms with Crippen LogP contribution < -0.4 is 10.5 Å².